The van der Waals surface area contributed by atoms with Gasteiger partial charge in [0.15, 0.2) is 0 Å². The lowest BCUT2D eigenvalue weighted by Crippen LogP contribution is -2.11. The average Bonchev–Trinajstić information content (AvgIpc) is 2.28. The van der Waals surface area contributed by atoms with E-state index in [0.717, 1.165) is 11.5 Å². The zero-order valence-electron chi connectivity index (χ0n) is 9.51. The molecule has 1 heterocycles. The Morgan fingerprint density at radius 2 is 1.88 bits per heavy atom. The maximum Gasteiger partial charge on any atom is 0.135 e. The molecular formula is C13H15N3. The van der Waals surface area contributed by atoms with E-state index in [1.165, 1.54) is 5.56 Å². The SMILES string of the molecule is Cc1cccc(N(C)c2cccc(N)n2)c1. The van der Waals surface area contributed by atoms with Gasteiger partial charge in [0, 0.05) is 12.7 Å². The highest BCUT2D eigenvalue weighted by Gasteiger charge is 2.04. The first kappa shape index (κ1) is 10.5. The number of hydrogen-bond acceptors (Lipinski definition) is 3. The summed E-state index contributed by atoms with van der Waals surface area (Å²) >= 11 is 0. The van der Waals surface area contributed by atoms with Crippen LogP contribution in [-0.4, -0.2) is 12.0 Å². The molecule has 0 saturated heterocycles. The Morgan fingerprint density at radius 3 is 2.56 bits per heavy atom. The Labute approximate surface area is 95.5 Å². The minimum Gasteiger partial charge on any atom is -0.384 e. The van der Waals surface area contributed by atoms with Crippen molar-refractivity contribution in [1.29, 1.82) is 0 Å². The van der Waals surface area contributed by atoms with Gasteiger partial charge in [-0.25, -0.2) is 4.98 Å². The molecule has 2 aromatic rings. The van der Waals surface area contributed by atoms with Gasteiger partial charge in [0.2, 0.25) is 0 Å². The Hall–Kier alpha value is -2.03. The number of nitrogens with zero attached hydrogens (tertiary/aromatic N) is 2. The van der Waals surface area contributed by atoms with Crippen molar-refractivity contribution in [2.24, 2.45) is 0 Å². The normalized spacial score (nSPS) is 10.1. The van der Waals surface area contributed by atoms with Crippen LogP contribution in [0.4, 0.5) is 17.3 Å². The van der Waals surface area contributed by atoms with Crippen LogP contribution in [0.5, 0.6) is 0 Å². The number of anilines is 3. The van der Waals surface area contributed by atoms with Crippen LogP contribution in [0.3, 0.4) is 0 Å². The first-order valence-corrected chi connectivity index (χ1v) is 5.20. The Morgan fingerprint density at radius 1 is 1.12 bits per heavy atom. The van der Waals surface area contributed by atoms with E-state index in [1.807, 2.05) is 30.1 Å². The van der Waals surface area contributed by atoms with Gasteiger partial charge in [-0.1, -0.05) is 18.2 Å². The molecule has 0 unspecified atom stereocenters. The molecule has 2 N–H and O–H groups in total. The maximum atomic E-state index is 5.67. The lowest BCUT2D eigenvalue weighted by molar-refractivity contribution is 1.13. The second kappa shape index (κ2) is 4.23. The summed E-state index contributed by atoms with van der Waals surface area (Å²) < 4.78 is 0. The van der Waals surface area contributed by atoms with Gasteiger partial charge < -0.3 is 10.6 Å². The summed E-state index contributed by atoms with van der Waals surface area (Å²) in [7, 11) is 1.98. The monoisotopic (exact) mass is 213 g/mol. The van der Waals surface area contributed by atoms with E-state index < -0.39 is 0 Å². The average molecular weight is 213 g/mol. The lowest BCUT2D eigenvalue weighted by atomic mass is 10.2. The third kappa shape index (κ3) is 2.14. The van der Waals surface area contributed by atoms with E-state index in [1.54, 1.807) is 6.07 Å². The van der Waals surface area contributed by atoms with E-state index in [4.69, 9.17) is 5.73 Å². The summed E-state index contributed by atoms with van der Waals surface area (Å²) in [5.41, 5.74) is 8.01. The number of aryl methyl sites for hydroxylation is 1. The van der Waals surface area contributed by atoms with Crippen LogP contribution in [0.1, 0.15) is 5.56 Å². The molecule has 2 rings (SSSR count). The highest BCUT2D eigenvalue weighted by atomic mass is 15.2. The molecule has 3 heteroatoms. The summed E-state index contributed by atoms with van der Waals surface area (Å²) in [5, 5.41) is 0. The number of nitrogens with two attached hydrogens (primary N) is 1. The van der Waals surface area contributed by atoms with Crippen molar-refractivity contribution < 1.29 is 0 Å². The summed E-state index contributed by atoms with van der Waals surface area (Å²) in [5.74, 6) is 1.39. The molecule has 0 bridgehead atoms. The Kier molecular flexibility index (Phi) is 2.77. The quantitative estimate of drug-likeness (QED) is 0.834. The fourth-order valence-corrected chi connectivity index (χ4v) is 1.60. The van der Waals surface area contributed by atoms with Gasteiger partial charge in [-0.15, -0.1) is 0 Å². The second-order valence-corrected chi connectivity index (χ2v) is 3.82. The smallest absolute Gasteiger partial charge is 0.135 e. The summed E-state index contributed by atoms with van der Waals surface area (Å²) in [6.45, 7) is 2.07. The maximum absolute atomic E-state index is 5.67. The molecule has 0 amide bonds. The predicted molar refractivity (Wildman–Crippen MR) is 67.9 cm³/mol. The van der Waals surface area contributed by atoms with Gasteiger partial charge in [-0.2, -0.15) is 0 Å². The molecule has 1 aromatic heterocycles. The zero-order valence-corrected chi connectivity index (χ0v) is 9.51. The van der Waals surface area contributed by atoms with Gasteiger partial charge in [-0.3, -0.25) is 0 Å². The Balaban J connectivity index is 2.35. The summed E-state index contributed by atoms with van der Waals surface area (Å²) in [6, 6.07) is 13.9. The van der Waals surface area contributed by atoms with E-state index in [9.17, 15) is 0 Å². The lowest BCUT2D eigenvalue weighted by Gasteiger charge is -2.18. The zero-order chi connectivity index (χ0) is 11.5. The van der Waals surface area contributed by atoms with Crippen molar-refractivity contribution in [2.45, 2.75) is 6.92 Å². The summed E-state index contributed by atoms with van der Waals surface area (Å²) in [6.07, 6.45) is 0. The van der Waals surface area contributed by atoms with Crippen molar-refractivity contribution in [2.75, 3.05) is 17.7 Å². The molecular weight excluding hydrogens is 198 g/mol. The van der Waals surface area contributed by atoms with Crippen LogP contribution in [0.25, 0.3) is 0 Å². The van der Waals surface area contributed by atoms with Crippen LogP contribution >= 0.6 is 0 Å². The van der Waals surface area contributed by atoms with Crippen molar-refractivity contribution in [3.8, 4) is 0 Å². The standard InChI is InChI=1S/C13H15N3/c1-10-5-3-6-11(9-10)16(2)13-8-4-7-12(14)15-13/h3-9H,1-2H3,(H2,14,15). The Bertz CT molecular complexity index is 449. The van der Waals surface area contributed by atoms with Crippen molar-refractivity contribution in [3.63, 3.8) is 0 Å². The molecule has 0 spiro atoms. The number of pyridine rings is 1. The molecule has 0 saturated carbocycles. The number of hydrogen-bond donors (Lipinski definition) is 1. The van der Waals surface area contributed by atoms with E-state index >= 15 is 0 Å². The van der Waals surface area contributed by atoms with Crippen molar-refractivity contribution in [3.05, 3.63) is 48.0 Å². The second-order valence-electron chi connectivity index (χ2n) is 3.82. The van der Waals surface area contributed by atoms with Gasteiger partial charge in [0.1, 0.15) is 11.6 Å². The number of nitrogen functional groups attached to an aromatic ring is 1. The molecule has 16 heavy (non-hydrogen) atoms. The molecule has 0 aliphatic rings. The number of aromatic nitrogens is 1. The third-order valence-corrected chi connectivity index (χ3v) is 2.49. The topological polar surface area (TPSA) is 42.1 Å². The molecule has 0 aliphatic carbocycles. The number of benzene rings is 1. The van der Waals surface area contributed by atoms with Crippen LogP contribution < -0.4 is 10.6 Å². The fraction of sp³-hybridized carbons (Fsp3) is 0.154. The van der Waals surface area contributed by atoms with Gasteiger partial charge in [0.25, 0.3) is 0 Å². The highest BCUT2D eigenvalue weighted by Crippen LogP contribution is 2.22. The minimum atomic E-state index is 0.539. The van der Waals surface area contributed by atoms with E-state index in [0.29, 0.717) is 5.82 Å². The van der Waals surface area contributed by atoms with Gasteiger partial charge in [-0.05, 0) is 36.8 Å². The van der Waals surface area contributed by atoms with Gasteiger partial charge >= 0.3 is 0 Å². The van der Waals surface area contributed by atoms with Crippen molar-refractivity contribution >= 4 is 17.3 Å². The third-order valence-electron chi connectivity index (χ3n) is 2.49. The van der Waals surface area contributed by atoms with Crippen LogP contribution in [0.2, 0.25) is 0 Å². The van der Waals surface area contributed by atoms with E-state index in [2.05, 4.69) is 30.1 Å². The van der Waals surface area contributed by atoms with E-state index in [-0.39, 0.29) is 0 Å². The molecule has 0 radical (unpaired) electrons. The highest BCUT2D eigenvalue weighted by molar-refractivity contribution is 5.60. The largest absolute Gasteiger partial charge is 0.384 e. The minimum absolute atomic E-state index is 0.539. The van der Waals surface area contributed by atoms with Crippen LogP contribution in [-0.2, 0) is 0 Å². The first-order valence-electron chi connectivity index (χ1n) is 5.20. The van der Waals surface area contributed by atoms with Gasteiger partial charge in [0.05, 0.1) is 0 Å². The first-order chi connectivity index (χ1) is 7.66. The number of rotatable bonds is 2. The molecule has 0 aliphatic heterocycles. The van der Waals surface area contributed by atoms with Crippen LogP contribution in [0, 0.1) is 6.92 Å². The van der Waals surface area contributed by atoms with Crippen LogP contribution in [0.15, 0.2) is 42.5 Å². The summed E-state index contributed by atoms with van der Waals surface area (Å²) in [4.78, 5) is 6.30. The predicted octanol–water partition coefficient (Wildman–Crippen LogP) is 2.74. The molecule has 82 valence electrons. The molecule has 0 atom stereocenters. The molecule has 0 fully saturated rings. The molecule has 1 aromatic carbocycles. The molecule has 3 nitrogen and oxygen atoms in total. The van der Waals surface area contributed by atoms with Crippen molar-refractivity contribution in [1.82, 2.24) is 4.98 Å². The fourth-order valence-electron chi connectivity index (χ4n) is 1.60.